The van der Waals surface area contributed by atoms with Crippen LogP contribution < -0.4 is 16.2 Å². The Labute approximate surface area is 415 Å². The number of hydrogen-bond donors (Lipinski definition) is 1. The molecule has 0 saturated carbocycles. The standard InChI is InChI=1S/C65H57BN2OS/c1-62(2,3)38-19-21-39(22-20-38)67-53-35-59-46(47-31-50-51(33-58(47)70-59)64(6,7)26-25-63(50,4)5)30-44(53)41-23-24-42-45-29-43-40-17-13-14-18-48(40)65(8,9)49(43)32-54(45)68-55-27-37-28-56(36-15-11-10-12-16-36)69-57(37)34-52(55)66-60(41)61(42)68/h10-24,27-35,66-67H,25-26H2,1-9H3. The number of benzene rings is 8. The Balaban J connectivity index is 1.05. The number of hydrogen-bond acceptors (Lipinski definition) is 3. The lowest BCUT2D eigenvalue weighted by molar-refractivity contribution is 0.332. The Hall–Kier alpha value is -6.82. The summed E-state index contributed by atoms with van der Waals surface area (Å²) < 4.78 is 12.0. The summed E-state index contributed by atoms with van der Waals surface area (Å²) >= 11 is 1.94. The smallest absolute Gasteiger partial charge is 0.198 e. The van der Waals surface area contributed by atoms with Gasteiger partial charge in [-0.25, -0.2) is 0 Å². The van der Waals surface area contributed by atoms with Gasteiger partial charge in [0.25, 0.3) is 0 Å². The maximum Gasteiger partial charge on any atom is 0.198 e. The molecule has 0 atom stereocenters. The van der Waals surface area contributed by atoms with Crippen LogP contribution in [0, 0.1) is 0 Å². The van der Waals surface area contributed by atoms with Gasteiger partial charge in [0.15, 0.2) is 7.28 Å². The Bertz CT molecular complexity index is 4060. The van der Waals surface area contributed by atoms with Gasteiger partial charge in [-0.15, -0.1) is 11.3 Å². The second kappa shape index (κ2) is 14.2. The molecule has 5 heteroatoms. The summed E-state index contributed by atoms with van der Waals surface area (Å²) in [5.41, 5.74) is 23.2. The van der Waals surface area contributed by atoms with Crippen LogP contribution in [0.5, 0.6) is 0 Å². The number of anilines is 2. The summed E-state index contributed by atoms with van der Waals surface area (Å²) in [4.78, 5) is 0. The minimum Gasteiger partial charge on any atom is -0.456 e. The topological polar surface area (TPSA) is 30.1 Å². The Morgan fingerprint density at radius 1 is 0.586 bits per heavy atom. The minimum atomic E-state index is -0.129. The van der Waals surface area contributed by atoms with Gasteiger partial charge >= 0.3 is 0 Å². The fourth-order valence-electron chi connectivity index (χ4n) is 12.9. The van der Waals surface area contributed by atoms with Crippen LogP contribution in [-0.4, -0.2) is 11.8 Å². The highest BCUT2D eigenvalue weighted by atomic mass is 32.1. The lowest BCUT2D eigenvalue weighted by Gasteiger charge is -2.41. The normalized spacial score (nSPS) is 16.1. The zero-order chi connectivity index (χ0) is 47.8. The lowest BCUT2D eigenvalue weighted by Crippen LogP contribution is -2.37. The average molecular weight is 925 g/mol. The number of nitrogens with one attached hydrogen (secondary N) is 1. The first kappa shape index (κ1) is 42.1. The number of furan rings is 1. The second-order valence-electron chi connectivity index (χ2n) is 23.7. The maximum absolute atomic E-state index is 6.73. The Kier molecular flexibility index (Phi) is 8.52. The van der Waals surface area contributed by atoms with E-state index in [9.17, 15) is 0 Å². The SMILES string of the molecule is CC(C)(C)c1ccc(Nc2cc3sc4cc5c(cc4c3cc2-c2ccc3c4cc6c(cc4n4c3c2Bc2cc3oc(-c7ccccc7)cc3cc2-4)C(C)(C)c2ccccc2-6)C(C)(C)CCC5(C)C)cc1. The number of nitrogens with zero attached hydrogens (tertiary/aromatic N) is 1. The van der Waals surface area contributed by atoms with E-state index in [0.29, 0.717) is 0 Å². The highest BCUT2D eigenvalue weighted by Crippen LogP contribution is 2.53. The van der Waals surface area contributed by atoms with Gasteiger partial charge in [-0.2, -0.15) is 0 Å². The third-order valence-electron chi connectivity index (χ3n) is 17.0. The summed E-state index contributed by atoms with van der Waals surface area (Å²) in [5.74, 6) is 0.895. The van der Waals surface area contributed by atoms with Crippen LogP contribution in [-0.2, 0) is 21.7 Å². The number of thiophene rings is 1. The Morgan fingerprint density at radius 2 is 1.29 bits per heavy atom. The molecule has 3 nitrogen and oxygen atoms in total. The van der Waals surface area contributed by atoms with Gasteiger partial charge in [-0.1, -0.05) is 147 Å². The van der Waals surface area contributed by atoms with Crippen molar-refractivity contribution in [3.05, 3.63) is 173 Å². The molecule has 0 bridgehead atoms. The fraction of sp³-hybridized carbons (Fsp3) is 0.231. The first-order valence-corrected chi connectivity index (χ1v) is 26.1. The minimum absolute atomic E-state index is 0.0679. The van der Waals surface area contributed by atoms with Gasteiger partial charge in [0.1, 0.15) is 11.3 Å². The first-order chi connectivity index (χ1) is 33.5. The third kappa shape index (κ3) is 6.00. The van der Waals surface area contributed by atoms with E-state index in [1.54, 1.807) is 0 Å². The molecule has 0 saturated heterocycles. The van der Waals surface area contributed by atoms with Gasteiger partial charge in [-0.05, 0) is 146 Å². The van der Waals surface area contributed by atoms with Crippen molar-refractivity contribution in [3.63, 3.8) is 0 Å². The predicted octanol–water partition coefficient (Wildman–Crippen LogP) is 16.6. The molecule has 0 spiro atoms. The molecular weight excluding hydrogens is 868 g/mol. The molecule has 1 aliphatic heterocycles. The third-order valence-corrected chi connectivity index (χ3v) is 18.1. The molecular formula is C65H57BN2OS. The van der Waals surface area contributed by atoms with Crippen molar-refractivity contribution < 1.29 is 4.42 Å². The molecule has 2 aliphatic carbocycles. The van der Waals surface area contributed by atoms with E-state index in [2.05, 4.69) is 218 Å². The first-order valence-electron chi connectivity index (χ1n) is 25.3. The highest BCUT2D eigenvalue weighted by Gasteiger charge is 2.39. The molecule has 0 fully saturated rings. The molecule has 11 aromatic rings. The molecule has 0 radical (unpaired) electrons. The van der Waals surface area contributed by atoms with E-state index in [-0.39, 0.29) is 21.7 Å². The summed E-state index contributed by atoms with van der Waals surface area (Å²) in [6.45, 7) is 21.4. The zero-order valence-corrected chi connectivity index (χ0v) is 42.6. The van der Waals surface area contributed by atoms with Crippen LogP contribution in [0.25, 0.3) is 92.2 Å². The van der Waals surface area contributed by atoms with Gasteiger partial charge < -0.3 is 14.3 Å². The Morgan fingerprint density at radius 3 is 2.06 bits per heavy atom. The van der Waals surface area contributed by atoms with E-state index < -0.39 is 0 Å². The van der Waals surface area contributed by atoms with Crippen molar-refractivity contribution in [2.75, 3.05) is 5.32 Å². The molecule has 14 rings (SSSR count). The van der Waals surface area contributed by atoms with Gasteiger partial charge in [0.05, 0.1) is 5.52 Å². The van der Waals surface area contributed by atoms with Crippen molar-refractivity contribution >= 4 is 93.9 Å². The highest BCUT2D eigenvalue weighted by molar-refractivity contribution is 7.25. The van der Waals surface area contributed by atoms with Crippen LogP contribution in [0.4, 0.5) is 11.4 Å². The van der Waals surface area contributed by atoms with Crippen LogP contribution in [0.2, 0.25) is 0 Å². The number of rotatable bonds is 4. The summed E-state index contributed by atoms with van der Waals surface area (Å²) in [6.07, 6.45) is 2.39. The van der Waals surface area contributed by atoms with Gasteiger partial charge in [-0.3, -0.25) is 0 Å². The largest absolute Gasteiger partial charge is 0.456 e. The number of aromatic nitrogens is 1. The van der Waals surface area contributed by atoms with E-state index >= 15 is 0 Å². The molecule has 70 heavy (non-hydrogen) atoms. The molecule has 342 valence electrons. The summed E-state index contributed by atoms with van der Waals surface area (Å²) in [5, 5.41) is 10.4. The molecule has 3 aromatic heterocycles. The van der Waals surface area contributed by atoms with E-state index in [0.717, 1.165) is 40.9 Å². The van der Waals surface area contributed by atoms with Gasteiger partial charge in [0, 0.05) is 75.5 Å². The summed E-state index contributed by atoms with van der Waals surface area (Å²) in [6, 6.07) is 55.6. The number of fused-ring (bicyclic) bond motifs is 13. The molecule has 4 heterocycles. The van der Waals surface area contributed by atoms with Crippen molar-refractivity contribution in [1.82, 2.24) is 4.57 Å². The fourth-order valence-corrected chi connectivity index (χ4v) is 14.0. The predicted molar refractivity (Wildman–Crippen MR) is 302 cm³/mol. The van der Waals surface area contributed by atoms with E-state index in [1.165, 1.54) is 122 Å². The monoisotopic (exact) mass is 924 g/mol. The molecule has 1 N–H and O–H groups in total. The second-order valence-corrected chi connectivity index (χ2v) is 24.8. The van der Waals surface area contributed by atoms with Crippen LogP contribution in [0.1, 0.15) is 103 Å². The zero-order valence-electron chi connectivity index (χ0n) is 41.7. The van der Waals surface area contributed by atoms with Crippen LogP contribution >= 0.6 is 11.3 Å². The van der Waals surface area contributed by atoms with E-state index in [1.807, 2.05) is 11.3 Å². The van der Waals surface area contributed by atoms with E-state index in [4.69, 9.17) is 4.42 Å². The van der Waals surface area contributed by atoms with Crippen LogP contribution in [0.3, 0.4) is 0 Å². The summed E-state index contributed by atoms with van der Waals surface area (Å²) in [7, 11) is 0.780. The maximum atomic E-state index is 6.73. The quantitative estimate of drug-likeness (QED) is 0.178. The average Bonchev–Trinajstić information content (AvgIpc) is 4.07. The molecule has 0 unspecified atom stereocenters. The van der Waals surface area contributed by atoms with Crippen molar-refractivity contribution in [1.29, 1.82) is 0 Å². The van der Waals surface area contributed by atoms with Crippen molar-refractivity contribution in [2.45, 2.75) is 96.8 Å². The molecule has 3 aliphatic rings. The molecule has 0 amide bonds. The lowest BCUT2D eigenvalue weighted by atomic mass is 9.59. The van der Waals surface area contributed by atoms with Crippen LogP contribution in [0.15, 0.2) is 150 Å². The van der Waals surface area contributed by atoms with Gasteiger partial charge in [0.2, 0.25) is 0 Å². The van der Waals surface area contributed by atoms with Crippen molar-refractivity contribution in [2.24, 2.45) is 0 Å². The molecule has 8 aromatic carbocycles. The van der Waals surface area contributed by atoms with Crippen molar-refractivity contribution in [3.8, 4) is 39.3 Å².